The third-order valence-corrected chi connectivity index (χ3v) is 16.1. The van der Waals surface area contributed by atoms with Crippen molar-refractivity contribution in [2.75, 3.05) is 102 Å². The summed E-state index contributed by atoms with van der Waals surface area (Å²) < 4.78 is 34.8. The summed E-state index contributed by atoms with van der Waals surface area (Å²) >= 11 is 7.95. The summed E-state index contributed by atoms with van der Waals surface area (Å²) in [5.41, 5.74) is 4.49. The number of rotatable bonds is 18. The number of anilines is 2. The van der Waals surface area contributed by atoms with Crippen LogP contribution < -0.4 is 14.9 Å². The molecule has 2 heterocycles. The Hall–Kier alpha value is -5.17. The molecule has 2 atom stereocenters. The van der Waals surface area contributed by atoms with E-state index in [-0.39, 0.29) is 33.7 Å². The number of ether oxygens (including phenoxy) is 1. The van der Waals surface area contributed by atoms with Gasteiger partial charge in [0.05, 0.1) is 9.82 Å². The third-order valence-electron chi connectivity index (χ3n) is 13.3. The Balaban J connectivity index is 0.948. The number of nitrogens with one attached hydrogen (secondary N) is 2. The smallest absolute Gasteiger partial charge is 0.410 e. The minimum atomic E-state index is -4.46. The highest BCUT2D eigenvalue weighted by atomic mass is 35.5. The van der Waals surface area contributed by atoms with E-state index in [2.05, 4.69) is 43.8 Å². The molecule has 382 valence electrons. The first-order valence-corrected chi connectivity index (χ1v) is 27.3. The molecular weight excluding hydrogens is 960 g/mol. The van der Waals surface area contributed by atoms with Gasteiger partial charge in [-0.1, -0.05) is 54.4 Å². The van der Waals surface area contributed by atoms with Crippen LogP contribution in [0.1, 0.15) is 69.3 Å². The maximum atomic E-state index is 13.5. The number of nitro benzene ring substituents is 1. The van der Waals surface area contributed by atoms with Crippen molar-refractivity contribution >= 4 is 68.0 Å². The zero-order valence-corrected chi connectivity index (χ0v) is 44.3. The van der Waals surface area contributed by atoms with Gasteiger partial charge in [0.15, 0.2) is 0 Å². The molecule has 0 aromatic heterocycles. The number of carbonyl (C=O) groups is 2. The molecule has 18 heteroatoms. The Morgan fingerprint density at radius 1 is 0.901 bits per heavy atom. The van der Waals surface area contributed by atoms with Gasteiger partial charge in [0.25, 0.3) is 21.6 Å². The SMILES string of the molecule is CN(C)CC[C@H](CSc1ccccc1)Nc1ccc(S(=O)(=O)NC(=O)c2ccc(N3CCN(CC4=C(c5ccc(Cl)cc5)CCC(C)(CN5CCN(C(=O)OC(C)(C)C)CC5)C4)CC3)cc2)cc1[N+](=O)[O-]. The van der Waals surface area contributed by atoms with Crippen LogP contribution >= 0.6 is 23.4 Å². The number of amides is 2. The molecule has 2 N–H and O–H groups in total. The zero-order valence-electron chi connectivity index (χ0n) is 41.9. The molecule has 71 heavy (non-hydrogen) atoms. The Kier molecular flexibility index (Phi) is 17.8. The zero-order chi connectivity index (χ0) is 50.9. The molecular formula is C53H69ClN8O7S2. The maximum absolute atomic E-state index is 13.5. The second-order valence-electron chi connectivity index (χ2n) is 20.6. The van der Waals surface area contributed by atoms with E-state index < -0.39 is 32.1 Å². The number of carbonyl (C=O) groups excluding carboxylic acids is 2. The van der Waals surface area contributed by atoms with E-state index in [9.17, 15) is 28.1 Å². The molecule has 0 saturated carbocycles. The van der Waals surface area contributed by atoms with Crippen molar-refractivity contribution < 1.29 is 27.7 Å². The first-order chi connectivity index (χ1) is 33.7. The van der Waals surface area contributed by atoms with Crippen molar-refractivity contribution in [3.63, 3.8) is 0 Å². The molecule has 15 nitrogen and oxygen atoms in total. The Labute approximate surface area is 429 Å². The molecule has 0 bridgehead atoms. The number of halogens is 1. The lowest BCUT2D eigenvalue weighted by molar-refractivity contribution is -0.384. The normalized spacial score (nSPS) is 18.9. The summed E-state index contributed by atoms with van der Waals surface area (Å²) in [7, 11) is -0.542. The van der Waals surface area contributed by atoms with Gasteiger partial charge in [-0.3, -0.25) is 24.7 Å². The van der Waals surface area contributed by atoms with Crippen LogP contribution in [0.3, 0.4) is 0 Å². The molecule has 2 amide bonds. The number of nitrogens with zero attached hydrogens (tertiary/aromatic N) is 6. The molecule has 0 spiro atoms. The first kappa shape index (κ1) is 53.6. The summed E-state index contributed by atoms with van der Waals surface area (Å²) in [6.45, 7) is 16.8. The number of allylic oxidation sites excluding steroid dienone is 1. The topological polar surface area (TPSA) is 161 Å². The molecule has 0 radical (unpaired) electrons. The summed E-state index contributed by atoms with van der Waals surface area (Å²) in [5.74, 6) is -0.202. The number of nitro groups is 1. The van der Waals surface area contributed by atoms with Gasteiger partial charge in [0.2, 0.25) is 0 Å². The second kappa shape index (κ2) is 23.6. The highest BCUT2D eigenvalue weighted by molar-refractivity contribution is 7.99. The molecule has 2 fully saturated rings. The fraction of sp³-hybridized carbons (Fsp3) is 0.472. The van der Waals surface area contributed by atoms with Crippen LogP contribution in [0, 0.1) is 15.5 Å². The number of piperazine rings is 2. The van der Waals surface area contributed by atoms with Gasteiger partial charge in [0.1, 0.15) is 11.3 Å². The fourth-order valence-corrected chi connectivity index (χ4v) is 11.7. The van der Waals surface area contributed by atoms with Gasteiger partial charge in [-0.25, -0.2) is 17.9 Å². The van der Waals surface area contributed by atoms with Crippen molar-refractivity contribution in [3.05, 3.63) is 129 Å². The van der Waals surface area contributed by atoms with Crippen molar-refractivity contribution in [1.29, 1.82) is 0 Å². The van der Waals surface area contributed by atoms with E-state index in [0.717, 1.165) is 94.8 Å². The lowest BCUT2D eigenvalue weighted by Gasteiger charge is -2.44. The summed E-state index contributed by atoms with van der Waals surface area (Å²) in [5, 5.41) is 16.3. The Morgan fingerprint density at radius 3 is 2.20 bits per heavy atom. The fourth-order valence-electron chi connectivity index (χ4n) is 9.55. The number of hydrogen-bond acceptors (Lipinski definition) is 13. The monoisotopic (exact) mass is 1030 g/mol. The van der Waals surface area contributed by atoms with E-state index in [1.54, 1.807) is 23.9 Å². The molecule has 2 saturated heterocycles. The van der Waals surface area contributed by atoms with Crippen molar-refractivity contribution in [3.8, 4) is 0 Å². The standard InChI is InChI=1S/C53H69ClN8O7S2/c1-52(2,3)69-51(64)61-32-28-59(29-33-61)38-53(4)24-22-47(39-12-16-42(54)17-13-39)41(35-53)36-58-26-30-60(31-27-58)44-18-14-40(15-19-44)50(63)56-71(67,68)46-20-21-48(49(34-46)62(65)66)55-43(23-25-57(5)6)37-70-45-10-8-7-9-11-45/h7-21,34,43,55H,22-33,35-38H2,1-6H3,(H,56,63)/t43-,53?/m1/s1. The van der Waals surface area contributed by atoms with Gasteiger partial charge in [0, 0.05) is 104 Å². The third kappa shape index (κ3) is 15.2. The van der Waals surface area contributed by atoms with Crippen LogP contribution in [0.25, 0.3) is 5.57 Å². The van der Waals surface area contributed by atoms with Crippen LogP contribution in [-0.4, -0.2) is 148 Å². The first-order valence-electron chi connectivity index (χ1n) is 24.4. The van der Waals surface area contributed by atoms with Crippen LogP contribution in [0.4, 0.5) is 21.9 Å². The summed E-state index contributed by atoms with van der Waals surface area (Å²) in [6, 6.07) is 28.4. The minimum absolute atomic E-state index is 0.0758. The predicted octanol–water partition coefficient (Wildman–Crippen LogP) is 9.21. The number of sulfonamides is 1. The van der Waals surface area contributed by atoms with Gasteiger partial charge in [-0.05, 0) is 144 Å². The highest BCUT2D eigenvalue weighted by Crippen LogP contribution is 2.44. The van der Waals surface area contributed by atoms with E-state index in [1.807, 2.05) is 99.3 Å². The maximum Gasteiger partial charge on any atom is 0.410 e. The molecule has 1 aliphatic carbocycles. The lowest BCUT2D eigenvalue weighted by atomic mass is 9.71. The quantitative estimate of drug-likeness (QED) is 0.0552. The van der Waals surface area contributed by atoms with Crippen LogP contribution in [0.5, 0.6) is 0 Å². The largest absolute Gasteiger partial charge is 0.444 e. The molecule has 3 aliphatic rings. The van der Waals surface area contributed by atoms with Crippen LogP contribution in [0.2, 0.25) is 5.02 Å². The number of hydrogen-bond donors (Lipinski definition) is 2. The molecule has 7 rings (SSSR count). The Bertz CT molecular complexity index is 2620. The lowest BCUT2D eigenvalue weighted by Crippen LogP contribution is -2.52. The average molecular weight is 1030 g/mol. The highest BCUT2D eigenvalue weighted by Gasteiger charge is 2.36. The Morgan fingerprint density at radius 2 is 1.56 bits per heavy atom. The minimum Gasteiger partial charge on any atom is -0.444 e. The van der Waals surface area contributed by atoms with Crippen LogP contribution in [-0.2, 0) is 14.8 Å². The van der Waals surface area contributed by atoms with Gasteiger partial charge >= 0.3 is 6.09 Å². The predicted molar refractivity (Wildman–Crippen MR) is 285 cm³/mol. The van der Waals surface area contributed by atoms with E-state index >= 15 is 0 Å². The number of thioether (sulfide) groups is 1. The van der Waals surface area contributed by atoms with E-state index in [1.165, 1.54) is 28.8 Å². The van der Waals surface area contributed by atoms with Gasteiger partial charge in [-0.2, -0.15) is 0 Å². The van der Waals surface area contributed by atoms with Crippen molar-refractivity contribution in [2.45, 2.75) is 74.8 Å². The average Bonchev–Trinajstić information content (AvgIpc) is 3.33. The van der Waals surface area contributed by atoms with Gasteiger partial charge < -0.3 is 24.8 Å². The van der Waals surface area contributed by atoms with E-state index in [0.29, 0.717) is 30.3 Å². The van der Waals surface area contributed by atoms with Crippen molar-refractivity contribution in [2.24, 2.45) is 5.41 Å². The molecule has 4 aromatic rings. The second-order valence-corrected chi connectivity index (χ2v) is 23.8. The number of benzene rings is 4. The molecule has 2 aliphatic heterocycles. The van der Waals surface area contributed by atoms with Gasteiger partial charge in [-0.15, -0.1) is 11.8 Å². The van der Waals surface area contributed by atoms with Crippen LogP contribution in [0.15, 0.2) is 112 Å². The molecule has 1 unspecified atom stereocenters. The summed E-state index contributed by atoms with van der Waals surface area (Å²) in [6.07, 6.45) is 3.47. The summed E-state index contributed by atoms with van der Waals surface area (Å²) in [4.78, 5) is 49.6. The van der Waals surface area contributed by atoms with Crippen molar-refractivity contribution in [1.82, 2.24) is 24.3 Å². The molecule has 4 aromatic carbocycles. The van der Waals surface area contributed by atoms with E-state index in [4.69, 9.17) is 16.3 Å².